The summed E-state index contributed by atoms with van der Waals surface area (Å²) in [6, 6.07) is 16.3. The van der Waals surface area contributed by atoms with Crippen molar-refractivity contribution in [2.75, 3.05) is 11.0 Å². The second-order valence-electron chi connectivity index (χ2n) is 7.76. The predicted molar refractivity (Wildman–Crippen MR) is 128 cm³/mol. The Morgan fingerprint density at radius 3 is 2.42 bits per heavy atom. The molecule has 1 aliphatic carbocycles. The van der Waals surface area contributed by atoms with E-state index < -0.39 is 37.5 Å². The number of aliphatic carboxylic acids is 1. The molecule has 0 unspecified atom stereocenters. The second-order valence-corrected chi connectivity index (χ2v) is 12.9. The van der Waals surface area contributed by atoms with Crippen molar-refractivity contribution < 1.29 is 26.7 Å². The van der Waals surface area contributed by atoms with Crippen molar-refractivity contribution in [1.82, 2.24) is 4.72 Å². The van der Waals surface area contributed by atoms with E-state index in [4.69, 9.17) is 11.6 Å². The second kappa shape index (κ2) is 8.41. The van der Waals surface area contributed by atoms with Crippen LogP contribution in [0.25, 0.3) is 10.4 Å². The van der Waals surface area contributed by atoms with E-state index in [1.807, 2.05) is 0 Å². The number of thiophene rings is 1. The first-order valence-corrected chi connectivity index (χ1v) is 14.2. The lowest BCUT2D eigenvalue weighted by molar-refractivity contribution is -0.140. The summed E-state index contributed by atoms with van der Waals surface area (Å²) >= 11 is 6.92. The lowest BCUT2D eigenvalue weighted by atomic mass is 10.1. The number of halogens is 1. The Kier molecular flexibility index (Phi) is 6.04. The van der Waals surface area contributed by atoms with E-state index in [1.165, 1.54) is 18.2 Å². The highest BCUT2D eigenvalue weighted by atomic mass is 35.5. The molecule has 1 aromatic heterocycles. The quantitative estimate of drug-likeness (QED) is 0.410. The molecule has 8 nitrogen and oxygen atoms in total. The highest BCUT2D eigenvalue weighted by Gasteiger charge is 2.63. The van der Waals surface area contributed by atoms with Gasteiger partial charge in [-0.1, -0.05) is 35.9 Å². The van der Waals surface area contributed by atoms with Crippen molar-refractivity contribution in [2.45, 2.75) is 22.1 Å². The van der Waals surface area contributed by atoms with Crippen molar-refractivity contribution in [2.24, 2.45) is 0 Å². The zero-order valence-corrected chi connectivity index (χ0v) is 20.4. The van der Waals surface area contributed by atoms with E-state index in [2.05, 4.69) is 9.44 Å². The summed E-state index contributed by atoms with van der Waals surface area (Å²) in [5, 5.41) is 10.4. The van der Waals surface area contributed by atoms with Crippen LogP contribution in [0.3, 0.4) is 0 Å². The zero-order valence-electron chi connectivity index (χ0n) is 17.1. The molecule has 0 bridgehead atoms. The van der Waals surface area contributed by atoms with Crippen LogP contribution in [0.1, 0.15) is 17.9 Å². The maximum absolute atomic E-state index is 13.0. The molecule has 33 heavy (non-hydrogen) atoms. The van der Waals surface area contributed by atoms with Gasteiger partial charge in [-0.3, -0.25) is 9.52 Å². The third kappa shape index (κ3) is 5.07. The first-order valence-electron chi connectivity index (χ1n) is 9.60. The van der Waals surface area contributed by atoms with Gasteiger partial charge in [0.15, 0.2) is 0 Å². The lowest BCUT2D eigenvalue weighted by Crippen LogP contribution is -2.44. The number of sulfonamides is 2. The van der Waals surface area contributed by atoms with Crippen LogP contribution < -0.4 is 9.44 Å². The van der Waals surface area contributed by atoms with Gasteiger partial charge in [-0.25, -0.2) is 16.8 Å². The average molecular weight is 527 g/mol. The highest BCUT2D eigenvalue weighted by molar-refractivity contribution is 7.92. The van der Waals surface area contributed by atoms with Crippen LogP contribution >= 0.6 is 22.9 Å². The van der Waals surface area contributed by atoms with Gasteiger partial charge in [0.25, 0.3) is 10.0 Å². The fourth-order valence-corrected chi connectivity index (χ4v) is 7.01. The van der Waals surface area contributed by atoms with E-state index >= 15 is 0 Å². The molecule has 0 amide bonds. The van der Waals surface area contributed by atoms with Gasteiger partial charge in [-0.15, -0.1) is 11.3 Å². The van der Waals surface area contributed by atoms with E-state index in [0.717, 1.165) is 23.2 Å². The van der Waals surface area contributed by atoms with Crippen molar-refractivity contribution in [1.29, 1.82) is 0 Å². The number of nitrogens with one attached hydrogen (secondary N) is 2. The fraction of sp³-hybridized carbons (Fsp3) is 0.190. The summed E-state index contributed by atoms with van der Waals surface area (Å²) in [4.78, 5) is 12.8. The first kappa shape index (κ1) is 23.7. The van der Waals surface area contributed by atoms with E-state index in [1.54, 1.807) is 42.5 Å². The van der Waals surface area contributed by atoms with Gasteiger partial charge in [0, 0.05) is 21.5 Å². The molecule has 0 aliphatic heterocycles. The Morgan fingerprint density at radius 2 is 1.79 bits per heavy atom. The Hall–Kier alpha value is -2.44. The van der Waals surface area contributed by atoms with Crippen molar-refractivity contribution in [3.05, 3.63) is 71.2 Å². The molecular formula is C21H19ClN2O6S3. The molecule has 3 N–H and O–H groups in total. The number of hydrogen-bond acceptors (Lipinski definition) is 6. The molecule has 3 aromatic rings. The summed E-state index contributed by atoms with van der Waals surface area (Å²) in [7, 11) is -7.64. The van der Waals surface area contributed by atoms with E-state index in [-0.39, 0.29) is 16.3 Å². The zero-order chi connectivity index (χ0) is 24.0. The van der Waals surface area contributed by atoms with Gasteiger partial charge in [-0.2, -0.15) is 4.72 Å². The number of benzene rings is 2. The van der Waals surface area contributed by atoms with E-state index in [9.17, 15) is 26.7 Å². The molecular weight excluding hydrogens is 508 g/mol. The first-order chi connectivity index (χ1) is 15.4. The summed E-state index contributed by atoms with van der Waals surface area (Å²) in [6.45, 7) is 0. The standard InChI is InChI=1S/C21H19ClN2O6S3/c1-32(27,28)23-16-4-2-3-14(11-16)17-12-21(17,20(25)26)24-33(29,30)19-10-9-18(31-19)13-5-7-15(22)8-6-13/h2-11,17,23-24H,12H2,1H3,(H,25,26)/t17-,21+/m0/s1. The number of hydrogen-bond donors (Lipinski definition) is 3. The molecule has 1 aliphatic rings. The SMILES string of the molecule is CS(=O)(=O)Nc1cccc([C@@H]2C[C@]2(NS(=O)(=O)c2ccc(-c3ccc(Cl)cc3)s2)C(=O)O)c1. The Balaban J connectivity index is 1.59. The van der Waals surface area contributed by atoms with Gasteiger partial charge >= 0.3 is 5.97 Å². The number of rotatable bonds is 8. The highest BCUT2D eigenvalue weighted by Crippen LogP contribution is 2.53. The number of carbonyl (C=O) groups is 1. The molecule has 174 valence electrons. The van der Waals surface area contributed by atoms with Crippen molar-refractivity contribution >= 4 is 54.6 Å². The van der Waals surface area contributed by atoms with Gasteiger partial charge in [0.1, 0.15) is 9.75 Å². The molecule has 12 heteroatoms. The van der Waals surface area contributed by atoms with Crippen molar-refractivity contribution in [3.8, 4) is 10.4 Å². The topological polar surface area (TPSA) is 130 Å². The van der Waals surface area contributed by atoms with Gasteiger partial charge < -0.3 is 5.11 Å². The summed E-state index contributed by atoms with van der Waals surface area (Å²) in [5.41, 5.74) is -0.137. The van der Waals surface area contributed by atoms with Crippen LogP contribution in [0, 0.1) is 0 Å². The monoisotopic (exact) mass is 526 g/mol. The van der Waals surface area contributed by atoms with Crippen LogP contribution in [-0.4, -0.2) is 39.7 Å². The van der Waals surface area contributed by atoms with Crippen LogP contribution in [-0.2, 0) is 24.8 Å². The van der Waals surface area contributed by atoms with Crippen LogP contribution in [0.2, 0.25) is 5.02 Å². The number of anilines is 1. The van der Waals surface area contributed by atoms with Crippen LogP contribution in [0.15, 0.2) is 64.9 Å². The van der Waals surface area contributed by atoms with Gasteiger partial charge in [0.2, 0.25) is 10.0 Å². The lowest BCUT2D eigenvalue weighted by Gasteiger charge is -2.15. The fourth-order valence-electron chi connectivity index (χ4n) is 3.62. The Morgan fingerprint density at radius 1 is 1.09 bits per heavy atom. The Labute approximate surface area is 200 Å². The molecule has 0 saturated heterocycles. The summed E-state index contributed by atoms with van der Waals surface area (Å²) in [5.74, 6) is -1.95. The largest absolute Gasteiger partial charge is 0.480 e. The van der Waals surface area contributed by atoms with Gasteiger partial charge in [-0.05, 0) is 53.9 Å². The molecule has 2 atom stereocenters. The average Bonchev–Trinajstić information content (AvgIpc) is 3.21. The molecule has 2 aromatic carbocycles. The minimum absolute atomic E-state index is 0.00813. The normalized spacial score (nSPS) is 20.4. The minimum atomic E-state index is -4.13. The maximum Gasteiger partial charge on any atom is 0.325 e. The predicted octanol–water partition coefficient (Wildman–Crippen LogP) is 3.73. The minimum Gasteiger partial charge on any atom is -0.480 e. The summed E-state index contributed by atoms with van der Waals surface area (Å²) < 4.78 is 53.8. The molecule has 4 rings (SSSR count). The van der Waals surface area contributed by atoms with Crippen molar-refractivity contribution in [3.63, 3.8) is 0 Å². The Bertz CT molecular complexity index is 1430. The number of carboxylic acids is 1. The summed E-state index contributed by atoms with van der Waals surface area (Å²) in [6.07, 6.45) is 1.05. The van der Waals surface area contributed by atoms with Crippen LogP contribution in [0.4, 0.5) is 5.69 Å². The molecule has 0 spiro atoms. The molecule has 1 heterocycles. The van der Waals surface area contributed by atoms with E-state index in [0.29, 0.717) is 15.5 Å². The molecule has 0 radical (unpaired) electrons. The number of carboxylic acid groups (broad SMARTS) is 1. The third-order valence-electron chi connectivity index (χ3n) is 5.23. The third-order valence-corrected chi connectivity index (χ3v) is 9.22. The van der Waals surface area contributed by atoms with Crippen LogP contribution in [0.5, 0.6) is 0 Å². The molecule has 1 fully saturated rings. The molecule has 1 saturated carbocycles. The smallest absolute Gasteiger partial charge is 0.325 e. The van der Waals surface area contributed by atoms with Gasteiger partial charge in [0.05, 0.1) is 6.26 Å². The maximum atomic E-state index is 13.0.